The van der Waals surface area contributed by atoms with Crippen molar-refractivity contribution in [2.75, 3.05) is 7.11 Å². The van der Waals surface area contributed by atoms with E-state index in [0.717, 1.165) is 12.8 Å². The fourth-order valence-corrected chi connectivity index (χ4v) is 1.92. The number of rotatable bonds is 6. The number of carbonyl (C=O) groups excluding carboxylic acids is 1. The van der Waals surface area contributed by atoms with Crippen molar-refractivity contribution >= 4 is 12.0 Å². The molecule has 1 aromatic heterocycles. The van der Waals surface area contributed by atoms with E-state index in [9.17, 15) is 9.59 Å². The highest BCUT2D eigenvalue weighted by Gasteiger charge is 2.29. The molecular formula is C11H17N5O4. The Morgan fingerprint density at radius 3 is 2.95 bits per heavy atom. The van der Waals surface area contributed by atoms with Crippen LogP contribution in [0.15, 0.2) is 6.20 Å². The Hall–Kier alpha value is -2.16. The minimum absolute atomic E-state index is 0.141. The van der Waals surface area contributed by atoms with Crippen molar-refractivity contribution in [3.8, 4) is 0 Å². The molecule has 1 aliphatic rings. The average molecular weight is 283 g/mol. The van der Waals surface area contributed by atoms with Gasteiger partial charge in [-0.1, -0.05) is 5.21 Å². The fourth-order valence-electron chi connectivity index (χ4n) is 1.92. The summed E-state index contributed by atoms with van der Waals surface area (Å²) in [6.45, 7) is -0.0500. The number of carboxylic acids is 1. The summed E-state index contributed by atoms with van der Waals surface area (Å²) in [6.07, 6.45) is 3.35. The maximum Gasteiger partial charge on any atom is 0.325 e. The summed E-state index contributed by atoms with van der Waals surface area (Å²) in [7, 11) is 1.65. The number of nitrogens with one attached hydrogen (secondary N) is 2. The molecule has 1 heterocycles. The molecule has 2 rings (SSSR count). The molecule has 1 saturated carbocycles. The summed E-state index contributed by atoms with van der Waals surface area (Å²) in [5.74, 6) is -0.996. The van der Waals surface area contributed by atoms with Crippen molar-refractivity contribution in [1.82, 2.24) is 25.6 Å². The number of hydrogen-bond donors (Lipinski definition) is 3. The van der Waals surface area contributed by atoms with Crippen LogP contribution in [0.1, 0.15) is 18.5 Å². The van der Waals surface area contributed by atoms with Gasteiger partial charge in [-0.05, 0) is 12.8 Å². The molecule has 0 radical (unpaired) electrons. The maximum atomic E-state index is 11.6. The van der Waals surface area contributed by atoms with Crippen molar-refractivity contribution in [3.63, 3.8) is 0 Å². The first-order chi connectivity index (χ1) is 9.56. The van der Waals surface area contributed by atoms with Gasteiger partial charge in [0.2, 0.25) is 0 Å². The Bertz CT molecular complexity index is 483. The Kier molecular flexibility index (Phi) is 4.51. The summed E-state index contributed by atoms with van der Waals surface area (Å²) in [4.78, 5) is 22.1. The molecule has 20 heavy (non-hydrogen) atoms. The molecule has 0 aliphatic heterocycles. The first kappa shape index (κ1) is 14.3. The van der Waals surface area contributed by atoms with Crippen molar-refractivity contribution in [1.29, 1.82) is 0 Å². The van der Waals surface area contributed by atoms with Crippen LogP contribution >= 0.6 is 0 Å². The van der Waals surface area contributed by atoms with Crippen LogP contribution in [-0.2, 0) is 22.6 Å². The number of urea groups is 1. The molecule has 0 atom stereocenters. The third-order valence-electron chi connectivity index (χ3n) is 3.08. The van der Waals surface area contributed by atoms with E-state index in [1.165, 1.54) is 10.9 Å². The van der Waals surface area contributed by atoms with Crippen LogP contribution in [0.25, 0.3) is 0 Å². The zero-order valence-corrected chi connectivity index (χ0v) is 11.1. The molecule has 9 heteroatoms. The molecule has 0 aromatic carbocycles. The molecule has 3 N–H and O–H groups in total. The van der Waals surface area contributed by atoms with Gasteiger partial charge in [0.05, 0.1) is 18.8 Å². The van der Waals surface area contributed by atoms with Crippen molar-refractivity contribution in [2.24, 2.45) is 0 Å². The maximum absolute atomic E-state index is 11.6. The van der Waals surface area contributed by atoms with Crippen LogP contribution < -0.4 is 10.6 Å². The molecule has 1 aliphatic carbocycles. The van der Waals surface area contributed by atoms with E-state index < -0.39 is 5.97 Å². The Morgan fingerprint density at radius 2 is 2.30 bits per heavy atom. The van der Waals surface area contributed by atoms with Crippen LogP contribution in [0.3, 0.4) is 0 Å². The van der Waals surface area contributed by atoms with E-state index in [0.29, 0.717) is 5.69 Å². The molecule has 110 valence electrons. The van der Waals surface area contributed by atoms with Crippen LogP contribution in [0.2, 0.25) is 0 Å². The van der Waals surface area contributed by atoms with Gasteiger partial charge in [0, 0.05) is 13.2 Å². The Balaban J connectivity index is 1.68. The first-order valence-electron chi connectivity index (χ1n) is 6.24. The fraction of sp³-hybridized carbons (Fsp3) is 0.636. The van der Waals surface area contributed by atoms with Gasteiger partial charge < -0.3 is 20.5 Å². The third kappa shape index (κ3) is 3.92. The number of ether oxygens (including phenoxy) is 1. The van der Waals surface area contributed by atoms with E-state index in [4.69, 9.17) is 9.84 Å². The zero-order chi connectivity index (χ0) is 14.5. The molecule has 1 aromatic rings. The first-order valence-corrected chi connectivity index (χ1v) is 6.24. The number of carboxylic acid groups (broad SMARTS) is 1. The topological polar surface area (TPSA) is 118 Å². The summed E-state index contributed by atoms with van der Waals surface area (Å²) in [6, 6.07) is -0.139. The lowest BCUT2D eigenvalue weighted by Gasteiger charge is -2.34. The van der Waals surface area contributed by atoms with Crippen molar-refractivity contribution < 1.29 is 19.4 Å². The normalized spacial score (nSPS) is 21.1. The number of methoxy groups -OCH3 is 1. The summed E-state index contributed by atoms with van der Waals surface area (Å²) in [5, 5.41) is 21.5. The van der Waals surface area contributed by atoms with E-state index in [2.05, 4.69) is 20.9 Å². The molecule has 0 bridgehead atoms. The van der Waals surface area contributed by atoms with Gasteiger partial charge in [-0.15, -0.1) is 5.10 Å². The molecule has 0 spiro atoms. The Morgan fingerprint density at radius 1 is 1.55 bits per heavy atom. The van der Waals surface area contributed by atoms with Gasteiger partial charge in [-0.2, -0.15) is 0 Å². The lowest BCUT2D eigenvalue weighted by molar-refractivity contribution is -0.137. The van der Waals surface area contributed by atoms with Gasteiger partial charge in [-0.3, -0.25) is 4.79 Å². The number of aromatic nitrogens is 3. The van der Waals surface area contributed by atoms with E-state index in [1.54, 1.807) is 7.11 Å². The highest BCUT2D eigenvalue weighted by Crippen LogP contribution is 2.22. The molecule has 0 saturated heterocycles. The quantitative estimate of drug-likeness (QED) is 0.637. The molecule has 2 amide bonds. The van der Waals surface area contributed by atoms with E-state index in [1.807, 2.05) is 0 Å². The highest BCUT2D eigenvalue weighted by molar-refractivity contribution is 5.74. The Labute approximate surface area is 115 Å². The monoisotopic (exact) mass is 283 g/mol. The molecular weight excluding hydrogens is 266 g/mol. The number of amides is 2. The van der Waals surface area contributed by atoms with Crippen LogP contribution in [-0.4, -0.2) is 51.4 Å². The predicted molar refractivity (Wildman–Crippen MR) is 66.8 cm³/mol. The van der Waals surface area contributed by atoms with Crippen molar-refractivity contribution in [3.05, 3.63) is 11.9 Å². The average Bonchev–Trinajstić information content (AvgIpc) is 2.77. The van der Waals surface area contributed by atoms with Crippen LogP contribution in [0.5, 0.6) is 0 Å². The van der Waals surface area contributed by atoms with Crippen LogP contribution in [0.4, 0.5) is 4.79 Å². The van der Waals surface area contributed by atoms with Crippen molar-refractivity contribution in [2.45, 2.75) is 38.1 Å². The number of aliphatic carboxylic acids is 1. The number of hydrogen-bond acceptors (Lipinski definition) is 5. The third-order valence-corrected chi connectivity index (χ3v) is 3.08. The van der Waals surface area contributed by atoms with Gasteiger partial charge in [0.25, 0.3) is 0 Å². The lowest BCUT2D eigenvalue weighted by Crippen LogP contribution is -2.50. The predicted octanol–water partition coefficient (Wildman–Crippen LogP) is -0.661. The molecule has 1 fully saturated rings. The minimum atomic E-state index is -0.996. The molecule has 0 unspecified atom stereocenters. The summed E-state index contributed by atoms with van der Waals surface area (Å²) < 4.78 is 6.32. The van der Waals surface area contributed by atoms with Gasteiger partial charge in [0.1, 0.15) is 12.2 Å². The number of carbonyl (C=O) groups is 2. The SMILES string of the molecule is COC1CC(NC(=O)NCc2cn(CC(=O)O)nn2)C1. The summed E-state index contributed by atoms with van der Waals surface area (Å²) >= 11 is 0. The van der Waals surface area contributed by atoms with E-state index in [-0.39, 0.29) is 31.3 Å². The molecule has 9 nitrogen and oxygen atoms in total. The smallest absolute Gasteiger partial charge is 0.325 e. The minimum Gasteiger partial charge on any atom is -0.480 e. The summed E-state index contributed by atoms with van der Waals surface area (Å²) in [5.41, 5.74) is 0.504. The largest absolute Gasteiger partial charge is 0.480 e. The highest BCUT2D eigenvalue weighted by atomic mass is 16.5. The second-order valence-electron chi connectivity index (χ2n) is 4.65. The second kappa shape index (κ2) is 6.33. The zero-order valence-electron chi connectivity index (χ0n) is 11.1. The number of nitrogens with zero attached hydrogens (tertiary/aromatic N) is 3. The van der Waals surface area contributed by atoms with Gasteiger partial charge >= 0.3 is 12.0 Å². The van der Waals surface area contributed by atoms with Gasteiger partial charge in [0.15, 0.2) is 0 Å². The van der Waals surface area contributed by atoms with Gasteiger partial charge in [-0.25, -0.2) is 9.48 Å². The van der Waals surface area contributed by atoms with E-state index >= 15 is 0 Å². The van der Waals surface area contributed by atoms with Crippen LogP contribution in [0, 0.1) is 0 Å². The standard InChI is InChI=1S/C11H17N5O4/c1-20-9-2-7(3-9)13-11(19)12-4-8-5-16(15-14-8)6-10(17)18/h5,7,9H,2-4,6H2,1H3,(H,17,18)(H2,12,13,19). The lowest BCUT2D eigenvalue weighted by atomic mass is 9.89. The second-order valence-corrected chi connectivity index (χ2v) is 4.65.